The van der Waals surface area contributed by atoms with E-state index in [0.717, 1.165) is 5.56 Å². The molecular weight excluding hydrogens is 285 g/mol. The van der Waals surface area contributed by atoms with Crippen LogP contribution in [0.5, 0.6) is 0 Å². The topological polar surface area (TPSA) is 72.2 Å². The highest BCUT2D eigenvalue weighted by atomic mass is 19.4. The summed E-state index contributed by atoms with van der Waals surface area (Å²) in [6.45, 7) is 1.82. The lowest BCUT2D eigenvalue weighted by molar-refractivity contribution is -0.160. The zero-order chi connectivity index (χ0) is 15.8. The van der Waals surface area contributed by atoms with E-state index in [9.17, 15) is 22.8 Å². The highest BCUT2D eigenvalue weighted by Crippen LogP contribution is 2.34. The number of rotatable bonds is 2. The Morgan fingerprint density at radius 1 is 1.29 bits per heavy atom. The molecule has 1 aromatic carbocycles. The van der Waals surface area contributed by atoms with Gasteiger partial charge in [0.1, 0.15) is 11.6 Å². The summed E-state index contributed by atoms with van der Waals surface area (Å²) >= 11 is 0. The number of amides is 2. The Labute approximate surface area is 118 Å². The summed E-state index contributed by atoms with van der Waals surface area (Å²) in [6, 6.07) is 4.50. The zero-order valence-corrected chi connectivity index (χ0v) is 11.1. The first-order valence-corrected chi connectivity index (χ1v) is 6.17. The van der Waals surface area contributed by atoms with Crippen LogP contribution in [0.15, 0.2) is 29.8 Å². The number of primary amides is 1. The number of halogens is 3. The standard InChI is InChI=1S/C14H13F3N2O2/c1-7-2-4-8(5-3-7)9-6-10(14(15,16)17)19-13(21)11(9)12(18)20/h2-5,10H,6H2,1H3,(H2,18,20)(H,19,21). The summed E-state index contributed by atoms with van der Waals surface area (Å²) < 4.78 is 38.5. The summed E-state index contributed by atoms with van der Waals surface area (Å²) in [5.41, 5.74) is 6.03. The minimum Gasteiger partial charge on any atom is -0.365 e. The predicted molar refractivity (Wildman–Crippen MR) is 69.9 cm³/mol. The van der Waals surface area contributed by atoms with Crippen LogP contribution < -0.4 is 11.1 Å². The molecule has 1 heterocycles. The van der Waals surface area contributed by atoms with Crippen molar-refractivity contribution in [3.05, 3.63) is 41.0 Å². The average molecular weight is 298 g/mol. The Balaban J connectivity index is 2.53. The molecule has 0 aliphatic carbocycles. The molecule has 2 rings (SSSR count). The van der Waals surface area contributed by atoms with Gasteiger partial charge in [0.25, 0.3) is 11.8 Å². The minimum atomic E-state index is -4.59. The van der Waals surface area contributed by atoms with Crippen LogP contribution in [0.2, 0.25) is 0 Å². The minimum absolute atomic E-state index is 0.0218. The second-order valence-electron chi connectivity index (χ2n) is 4.86. The van der Waals surface area contributed by atoms with Crippen molar-refractivity contribution in [1.82, 2.24) is 5.32 Å². The van der Waals surface area contributed by atoms with Crippen LogP contribution in [0.3, 0.4) is 0 Å². The van der Waals surface area contributed by atoms with Gasteiger partial charge in [-0.15, -0.1) is 0 Å². The van der Waals surface area contributed by atoms with E-state index in [1.807, 2.05) is 6.92 Å². The van der Waals surface area contributed by atoms with Crippen molar-refractivity contribution in [3.8, 4) is 0 Å². The smallest absolute Gasteiger partial charge is 0.365 e. The molecular formula is C14H13F3N2O2. The maximum Gasteiger partial charge on any atom is 0.408 e. The summed E-state index contributed by atoms with van der Waals surface area (Å²) in [6.07, 6.45) is -5.11. The van der Waals surface area contributed by atoms with Gasteiger partial charge in [-0.25, -0.2) is 0 Å². The molecule has 0 saturated carbocycles. The number of carbonyl (C=O) groups is 2. The van der Waals surface area contributed by atoms with Crippen LogP contribution in [-0.2, 0) is 9.59 Å². The third kappa shape index (κ3) is 3.07. The van der Waals surface area contributed by atoms with Crippen LogP contribution in [0.4, 0.5) is 13.2 Å². The van der Waals surface area contributed by atoms with Crippen molar-refractivity contribution in [2.75, 3.05) is 0 Å². The van der Waals surface area contributed by atoms with E-state index in [4.69, 9.17) is 5.73 Å². The summed E-state index contributed by atoms with van der Waals surface area (Å²) in [4.78, 5) is 23.2. The van der Waals surface area contributed by atoms with E-state index in [-0.39, 0.29) is 5.57 Å². The third-order valence-corrected chi connectivity index (χ3v) is 3.28. The molecule has 1 unspecified atom stereocenters. The number of benzene rings is 1. The lowest BCUT2D eigenvalue weighted by atomic mass is 9.89. The molecule has 1 atom stereocenters. The number of hydrogen-bond acceptors (Lipinski definition) is 2. The Morgan fingerprint density at radius 2 is 1.86 bits per heavy atom. The number of hydrogen-bond donors (Lipinski definition) is 2. The first kappa shape index (κ1) is 15.1. The van der Waals surface area contributed by atoms with Gasteiger partial charge in [-0.1, -0.05) is 29.8 Å². The van der Waals surface area contributed by atoms with E-state index in [1.54, 1.807) is 29.6 Å². The largest absolute Gasteiger partial charge is 0.408 e. The van der Waals surface area contributed by atoms with E-state index in [1.165, 1.54) is 0 Å². The number of nitrogens with two attached hydrogens (primary N) is 1. The van der Waals surface area contributed by atoms with Crippen LogP contribution in [-0.4, -0.2) is 24.0 Å². The van der Waals surface area contributed by atoms with Gasteiger partial charge in [0.2, 0.25) is 0 Å². The number of aryl methyl sites for hydroxylation is 1. The molecule has 1 aliphatic rings. The van der Waals surface area contributed by atoms with Crippen molar-refractivity contribution in [2.24, 2.45) is 5.73 Å². The van der Waals surface area contributed by atoms with Crippen molar-refractivity contribution in [3.63, 3.8) is 0 Å². The molecule has 21 heavy (non-hydrogen) atoms. The molecule has 1 aliphatic heterocycles. The molecule has 0 radical (unpaired) electrons. The second-order valence-corrected chi connectivity index (χ2v) is 4.86. The maximum atomic E-state index is 12.8. The molecule has 1 aromatic rings. The fraction of sp³-hybridized carbons (Fsp3) is 0.286. The maximum absolute atomic E-state index is 12.8. The molecule has 0 spiro atoms. The molecule has 112 valence electrons. The summed E-state index contributed by atoms with van der Waals surface area (Å²) in [5, 5.41) is 1.78. The number of nitrogens with one attached hydrogen (secondary N) is 1. The molecule has 0 aromatic heterocycles. The molecule has 3 N–H and O–H groups in total. The second kappa shape index (κ2) is 5.23. The number of alkyl halides is 3. The van der Waals surface area contributed by atoms with Crippen LogP contribution in [0, 0.1) is 6.92 Å². The van der Waals surface area contributed by atoms with Crippen molar-refractivity contribution in [1.29, 1.82) is 0 Å². The Hall–Kier alpha value is -2.31. The lowest BCUT2D eigenvalue weighted by Gasteiger charge is -2.28. The number of carbonyl (C=O) groups excluding carboxylic acids is 2. The lowest BCUT2D eigenvalue weighted by Crippen LogP contribution is -2.50. The monoisotopic (exact) mass is 298 g/mol. The van der Waals surface area contributed by atoms with Gasteiger partial charge < -0.3 is 11.1 Å². The third-order valence-electron chi connectivity index (χ3n) is 3.28. The van der Waals surface area contributed by atoms with Crippen molar-refractivity contribution < 1.29 is 22.8 Å². The van der Waals surface area contributed by atoms with E-state index >= 15 is 0 Å². The average Bonchev–Trinajstić information content (AvgIpc) is 2.37. The molecule has 7 heteroatoms. The van der Waals surface area contributed by atoms with Gasteiger partial charge >= 0.3 is 6.18 Å². The summed E-state index contributed by atoms with van der Waals surface area (Å²) in [7, 11) is 0. The van der Waals surface area contributed by atoms with Crippen LogP contribution in [0.1, 0.15) is 17.5 Å². The van der Waals surface area contributed by atoms with Crippen molar-refractivity contribution >= 4 is 17.4 Å². The van der Waals surface area contributed by atoms with Crippen LogP contribution >= 0.6 is 0 Å². The summed E-state index contributed by atoms with van der Waals surface area (Å²) in [5.74, 6) is -2.13. The Kier molecular flexibility index (Phi) is 3.76. The quantitative estimate of drug-likeness (QED) is 0.815. The molecule has 4 nitrogen and oxygen atoms in total. The van der Waals surface area contributed by atoms with E-state index in [0.29, 0.717) is 5.56 Å². The Morgan fingerprint density at radius 3 is 2.33 bits per heavy atom. The molecule has 0 fully saturated rings. The highest BCUT2D eigenvalue weighted by molar-refractivity contribution is 6.24. The fourth-order valence-corrected chi connectivity index (χ4v) is 2.20. The zero-order valence-electron chi connectivity index (χ0n) is 11.1. The van der Waals surface area contributed by atoms with Crippen LogP contribution in [0.25, 0.3) is 5.57 Å². The van der Waals surface area contributed by atoms with E-state index < -0.39 is 36.0 Å². The molecule has 2 amide bonds. The molecule has 0 bridgehead atoms. The highest BCUT2D eigenvalue weighted by Gasteiger charge is 2.45. The first-order valence-electron chi connectivity index (χ1n) is 6.17. The normalized spacial score (nSPS) is 19.4. The SMILES string of the molecule is Cc1ccc(C2=C(C(N)=O)C(=O)NC(C(F)(F)F)C2)cc1. The fourth-order valence-electron chi connectivity index (χ4n) is 2.20. The van der Waals surface area contributed by atoms with Crippen molar-refractivity contribution in [2.45, 2.75) is 25.6 Å². The van der Waals surface area contributed by atoms with Gasteiger partial charge in [-0.2, -0.15) is 13.2 Å². The molecule has 0 saturated heterocycles. The van der Waals surface area contributed by atoms with Gasteiger partial charge in [-0.3, -0.25) is 9.59 Å². The van der Waals surface area contributed by atoms with E-state index in [2.05, 4.69) is 0 Å². The Bertz CT molecular complexity index is 618. The van der Waals surface area contributed by atoms with Gasteiger partial charge in [0.15, 0.2) is 0 Å². The van der Waals surface area contributed by atoms with Gasteiger partial charge in [0, 0.05) is 6.42 Å². The van der Waals surface area contributed by atoms with Gasteiger partial charge in [0.05, 0.1) is 0 Å². The predicted octanol–water partition coefficient (Wildman–Crippen LogP) is 1.68. The first-order chi connectivity index (χ1) is 9.70. The van der Waals surface area contributed by atoms with Gasteiger partial charge in [-0.05, 0) is 18.1 Å².